The van der Waals surface area contributed by atoms with Crippen molar-refractivity contribution in [2.45, 2.75) is 20.3 Å². The van der Waals surface area contributed by atoms with Gasteiger partial charge in [-0.25, -0.2) is 0 Å². The Balaban J connectivity index is 1.88. The molecule has 0 fully saturated rings. The first-order chi connectivity index (χ1) is 6.29. The van der Waals surface area contributed by atoms with Crippen LogP contribution in [-0.4, -0.2) is 9.76 Å². The van der Waals surface area contributed by atoms with Crippen molar-refractivity contribution in [1.29, 1.82) is 0 Å². The van der Waals surface area contributed by atoms with E-state index in [1.165, 1.54) is 17.4 Å². The van der Waals surface area contributed by atoms with Crippen molar-refractivity contribution in [2.75, 3.05) is 0 Å². The summed E-state index contributed by atoms with van der Waals surface area (Å²) in [6.07, 6.45) is 10.3. The summed E-state index contributed by atoms with van der Waals surface area (Å²) in [5.74, 6) is 2.54. The van der Waals surface area contributed by atoms with Crippen LogP contribution in [0.2, 0.25) is 0 Å². The van der Waals surface area contributed by atoms with E-state index in [-0.39, 0.29) is 0 Å². The Bertz CT molecular complexity index is 288. The fraction of sp³-hybridized carbons (Fsp3) is 0.455. The van der Waals surface area contributed by atoms with Crippen LogP contribution in [0.3, 0.4) is 0 Å². The summed E-state index contributed by atoms with van der Waals surface area (Å²) < 4.78 is 5.87. The van der Waals surface area contributed by atoms with Gasteiger partial charge in [-0.05, 0) is 32.3 Å². The Kier molecular flexibility index (Phi) is 2.40. The second kappa shape index (κ2) is 3.54. The van der Waals surface area contributed by atoms with E-state index in [2.05, 4.69) is 38.2 Å². The van der Waals surface area contributed by atoms with Crippen molar-refractivity contribution < 1.29 is 4.43 Å². The van der Waals surface area contributed by atoms with Crippen molar-refractivity contribution >= 4 is 9.76 Å². The van der Waals surface area contributed by atoms with Gasteiger partial charge in [0, 0.05) is 5.92 Å². The zero-order valence-electron chi connectivity index (χ0n) is 8.29. The van der Waals surface area contributed by atoms with Crippen molar-refractivity contribution in [3.63, 3.8) is 0 Å². The molecule has 70 valence electrons. The van der Waals surface area contributed by atoms with E-state index >= 15 is 0 Å². The zero-order chi connectivity index (χ0) is 9.26. The number of allylic oxidation sites excluding steroid dienone is 5. The second-order valence-corrected chi connectivity index (χ2v) is 5.58. The summed E-state index contributed by atoms with van der Waals surface area (Å²) in [7, 11) is -0.455. The third-order valence-electron chi connectivity index (χ3n) is 2.82. The summed E-state index contributed by atoms with van der Waals surface area (Å²) in [5, 5.41) is 1.44. The van der Waals surface area contributed by atoms with Crippen molar-refractivity contribution in [2.24, 2.45) is 11.8 Å². The molecule has 2 aliphatic rings. The first kappa shape index (κ1) is 8.82. The standard InChI is InChI=1S/C11H16OSi/c1-3-8(2)13-12-11-7-9-4-5-10(11)6-9/h3-5,7,9-10H,6,13H2,1-2H3/b8-3+. The first-order valence-corrected chi connectivity index (χ1v) is 6.22. The molecular formula is C11H16OSi. The average Bonchev–Trinajstić information content (AvgIpc) is 2.74. The molecule has 0 amide bonds. The Morgan fingerprint density at radius 1 is 1.62 bits per heavy atom. The molecule has 0 spiro atoms. The molecule has 0 aromatic heterocycles. The fourth-order valence-corrected chi connectivity index (χ4v) is 2.70. The van der Waals surface area contributed by atoms with E-state index in [1.807, 2.05) is 0 Å². The van der Waals surface area contributed by atoms with Crippen LogP contribution in [0.25, 0.3) is 0 Å². The molecular weight excluding hydrogens is 176 g/mol. The van der Waals surface area contributed by atoms with Gasteiger partial charge in [0.1, 0.15) is 0 Å². The molecule has 0 heterocycles. The summed E-state index contributed by atoms with van der Waals surface area (Å²) in [5.41, 5.74) is 0. The zero-order valence-corrected chi connectivity index (χ0v) is 9.70. The summed E-state index contributed by atoms with van der Waals surface area (Å²) in [6.45, 7) is 4.25. The van der Waals surface area contributed by atoms with Crippen molar-refractivity contribution in [3.05, 3.63) is 35.3 Å². The average molecular weight is 192 g/mol. The van der Waals surface area contributed by atoms with Gasteiger partial charge < -0.3 is 4.43 Å². The highest BCUT2D eigenvalue weighted by Gasteiger charge is 2.28. The normalized spacial score (nSPS) is 31.8. The molecule has 2 unspecified atom stereocenters. The molecule has 0 N–H and O–H groups in total. The van der Waals surface area contributed by atoms with Crippen LogP contribution in [0.4, 0.5) is 0 Å². The Labute approximate surface area is 82.1 Å². The third-order valence-corrected chi connectivity index (χ3v) is 4.16. The Morgan fingerprint density at radius 2 is 2.46 bits per heavy atom. The summed E-state index contributed by atoms with van der Waals surface area (Å²) in [4.78, 5) is 0. The molecule has 2 heteroatoms. The summed E-state index contributed by atoms with van der Waals surface area (Å²) >= 11 is 0. The molecule has 0 aliphatic heterocycles. The molecule has 1 nitrogen and oxygen atoms in total. The van der Waals surface area contributed by atoms with Gasteiger partial charge in [-0.2, -0.15) is 0 Å². The maximum Gasteiger partial charge on any atom is 0.246 e. The van der Waals surface area contributed by atoms with E-state index in [9.17, 15) is 0 Å². The highest BCUT2D eigenvalue weighted by atomic mass is 28.2. The molecule has 0 aromatic rings. The number of hydrogen-bond acceptors (Lipinski definition) is 1. The van der Waals surface area contributed by atoms with Gasteiger partial charge in [-0.1, -0.05) is 23.4 Å². The number of rotatable bonds is 3. The SMILES string of the molecule is C/C=C(\C)[SiH2]OC1=CC2C=CC1C2. The maximum absolute atomic E-state index is 5.87. The number of hydrogen-bond donors (Lipinski definition) is 0. The number of fused-ring (bicyclic) bond motifs is 2. The molecule has 2 rings (SSSR count). The van der Waals surface area contributed by atoms with E-state index in [1.54, 1.807) is 0 Å². The lowest BCUT2D eigenvalue weighted by atomic mass is 10.1. The fourth-order valence-electron chi connectivity index (χ4n) is 1.83. The molecule has 2 bridgehead atoms. The van der Waals surface area contributed by atoms with E-state index in [0.717, 1.165) is 0 Å². The first-order valence-electron chi connectivity index (χ1n) is 4.94. The van der Waals surface area contributed by atoms with E-state index < -0.39 is 9.76 Å². The largest absolute Gasteiger partial charge is 0.548 e. The van der Waals surface area contributed by atoms with Crippen LogP contribution in [0, 0.1) is 11.8 Å². The molecule has 2 aliphatic carbocycles. The lowest BCUT2D eigenvalue weighted by Gasteiger charge is -2.12. The monoisotopic (exact) mass is 192 g/mol. The third kappa shape index (κ3) is 1.78. The smallest absolute Gasteiger partial charge is 0.246 e. The Hall–Kier alpha value is -0.763. The minimum Gasteiger partial charge on any atom is -0.548 e. The highest BCUT2D eigenvalue weighted by molar-refractivity contribution is 6.38. The quantitative estimate of drug-likeness (QED) is 0.491. The van der Waals surface area contributed by atoms with E-state index in [4.69, 9.17) is 4.43 Å². The predicted octanol–water partition coefficient (Wildman–Crippen LogP) is 2.10. The highest BCUT2D eigenvalue weighted by Crippen LogP contribution is 2.38. The molecule has 2 atom stereocenters. The second-order valence-electron chi connectivity index (χ2n) is 3.88. The van der Waals surface area contributed by atoms with Gasteiger partial charge in [-0.3, -0.25) is 0 Å². The maximum atomic E-state index is 5.87. The van der Waals surface area contributed by atoms with Gasteiger partial charge in [0.2, 0.25) is 9.76 Å². The lowest BCUT2D eigenvalue weighted by molar-refractivity contribution is 0.408. The predicted molar refractivity (Wildman–Crippen MR) is 57.9 cm³/mol. The minimum absolute atomic E-state index is 0.455. The van der Waals surface area contributed by atoms with Gasteiger partial charge in [0.25, 0.3) is 0 Å². The van der Waals surface area contributed by atoms with Crippen molar-refractivity contribution in [3.8, 4) is 0 Å². The van der Waals surface area contributed by atoms with Crippen LogP contribution < -0.4 is 0 Å². The van der Waals surface area contributed by atoms with Crippen LogP contribution in [0.15, 0.2) is 35.3 Å². The topological polar surface area (TPSA) is 9.23 Å². The van der Waals surface area contributed by atoms with E-state index in [0.29, 0.717) is 11.8 Å². The van der Waals surface area contributed by atoms with Crippen LogP contribution in [0.1, 0.15) is 20.3 Å². The van der Waals surface area contributed by atoms with Crippen LogP contribution in [-0.2, 0) is 4.43 Å². The van der Waals surface area contributed by atoms with Gasteiger partial charge in [-0.15, -0.1) is 0 Å². The van der Waals surface area contributed by atoms with Gasteiger partial charge in [0.05, 0.1) is 5.76 Å². The van der Waals surface area contributed by atoms with Crippen LogP contribution >= 0.6 is 0 Å². The molecule has 0 aromatic carbocycles. The van der Waals surface area contributed by atoms with Crippen LogP contribution in [0.5, 0.6) is 0 Å². The lowest BCUT2D eigenvalue weighted by Crippen LogP contribution is -2.04. The molecule has 0 saturated heterocycles. The van der Waals surface area contributed by atoms with Crippen molar-refractivity contribution in [1.82, 2.24) is 0 Å². The summed E-state index contributed by atoms with van der Waals surface area (Å²) in [6, 6.07) is 0. The van der Waals surface area contributed by atoms with Gasteiger partial charge in [0.15, 0.2) is 0 Å². The minimum atomic E-state index is -0.455. The van der Waals surface area contributed by atoms with Gasteiger partial charge >= 0.3 is 0 Å². The molecule has 13 heavy (non-hydrogen) atoms. The molecule has 0 saturated carbocycles. The Morgan fingerprint density at radius 3 is 3.00 bits per heavy atom. The molecule has 0 radical (unpaired) electrons.